The van der Waals surface area contributed by atoms with Crippen LogP contribution in [0.3, 0.4) is 0 Å². The van der Waals surface area contributed by atoms with Crippen LogP contribution in [-0.2, 0) is 19.7 Å². The number of aldehydes is 1. The molecule has 25 heavy (non-hydrogen) atoms. The number of benzene rings is 1. The van der Waals surface area contributed by atoms with Crippen LogP contribution in [0.15, 0.2) is 24.3 Å². The normalized spacial score (nSPS) is 24.4. The minimum absolute atomic E-state index is 0.0353. The van der Waals surface area contributed by atoms with Gasteiger partial charge in [0.15, 0.2) is 0 Å². The molecule has 1 aromatic carbocycles. The molecule has 0 aromatic heterocycles. The molecule has 0 N–H and O–H groups in total. The molecule has 5 heteroatoms. The monoisotopic (exact) mass is 344 g/mol. The summed E-state index contributed by atoms with van der Waals surface area (Å²) in [5.74, 6) is 0.0353. The first kappa shape index (κ1) is 17.9. The maximum atomic E-state index is 12.6. The summed E-state index contributed by atoms with van der Waals surface area (Å²) in [6.45, 7) is 9.72. The van der Waals surface area contributed by atoms with Crippen LogP contribution in [0.25, 0.3) is 0 Å². The largest absolute Gasteiger partial charge is 0.368 e. The van der Waals surface area contributed by atoms with E-state index in [-0.39, 0.29) is 11.3 Å². The van der Waals surface area contributed by atoms with Gasteiger partial charge in [-0.05, 0) is 29.9 Å². The number of amides is 1. The van der Waals surface area contributed by atoms with Gasteiger partial charge in [-0.2, -0.15) is 0 Å². The first-order chi connectivity index (χ1) is 11.9. The first-order valence-corrected chi connectivity index (χ1v) is 9.14. The zero-order valence-electron chi connectivity index (χ0n) is 15.4. The lowest BCUT2D eigenvalue weighted by atomic mass is 9.85. The van der Waals surface area contributed by atoms with E-state index >= 15 is 0 Å². The van der Waals surface area contributed by atoms with Crippen LogP contribution in [0.4, 0.5) is 5.69 Å². The van der Waals surface area contributed by atoms with Crippen molar-refractivity contribution in [3.63, 3.8) is 0 Å². The quantitative estimate of drug-likeness (QED) is 0.790. The van der Waals surface area contributed by atoms with Crippen LogP contribution in [0.1, 0.15) is 39.2 Å². The highest BCUT2D eigenvalue weighted by Crippen LogP contribution is 2.32. The van der Waals surface area contributed by atoms with Crippen molar-refractivity contribution >= 4 is 17.9 Å². The molecule has 0 radical (unpaired) electrons. The molecular weight excluding hydrogens is 316 g/mol. The highest BCUT2D eigenvalue weighted by molar-refractivity contribution is 5.82. The second-order valence-electron chi connectivity index (χ2n) is 7.96. The van der Waals surface area contributed by atoms with Crippen LogP contribution in [0.2, 0.25) is 0 Å². The third-order valence-corrected chi connectivity index (χ3v) is 5.12. The topological polar surface area (TPSA) is 49.9 Å². The summed E-state index contributed by atoms with van der Waals surface area (Å²) in [6.07, 6.45) is 1.25. The zero-order valence-corrected chi connectivity index (χ0v) is 15.4. The summed E-state index contributed by atoms with van der Waals surface area (Å²) < 4.78 is 5.53. The van der Waals surface area contributed by atoms with Gasteiger partial charge in [0.2, 0.25) is 0 Å². The molecule has 3 rings (SSSR count). The number of nitrogens with zero attached hydrogens (tertiary/aromatic N) is 2. The maximum Gasteiger partial charge on any atom is 0.251 e. The molecule has 2 heterocycles. The molecule has 0 bridgehead atoms. The maximum absolute atomic E-state index is 12.6. The number of hydrogen-bond donors (Lipinski definition) is 0. The lowest BCUT2D eigenvalue weighted by molar-refractivity contribution is -0.144. The lowest BCUT2D eigenvalue weighted by Gasteiger charge is -2.39. The summed E-state index contributed by atoms with van der Waals surface area (Å²) in [4.78, 5) is 27.7. The molecular formula is C20H28N2O3. The predicted octanol–water partition coefficient (Wildman–Crippen LogP) is 2.38. The molecule has 5 nitrogen and oxygen atoms in total. The molecule has 136 valence electrons. The molecule has 2 atom stereocenters. The molecule has 1 unspecified atom stereocenters. The zero-order chi connectivity index (χ0) is 18.0. The summed E-state index contributed by atoms with van der Waals surface area (Å²) in [5.41, 5.74) is 2.69. The van der Waals surface area contributed by atoms with E-state index in [9.17, 15) is 9.59 Å². The number of anilines is 1. The van der Waals surface area contributed by atoms with Gasteiger partial charge >= 0.3 is 0 Å². The van der Waals surface area contributed by atoms with Crippen LogP contribution >= 0.6 is 0 Å². The first-order valence-electron chi connectivity index (χ1n) is 9.14. The van der Waals surface area contributed by atoms with Crippen molar-refractivity contribution in [1.82, 2.24) is 4.90 Å². The minimum Gasteiger partial charge on any atom is -0.368 e. The molecule has 2 aliphatic heterocycles. The van der Waals surface area contributed by atoms with E-state index in [4.69, 9.17) is 4.74 Å². The molecule has 0 saturated carbocycles. The molecule has 2 saturated heterocycles. The average Bonchev–Trinajstić information content (AvgIpc) is 3.10. The van der Waals surface area contributed by atoms with Crippen LogP contribution in [0, 0.1) is 0 Å². The Balaban J connectivity index is 1.63. The molecule has 2 fully saturated rings. The van der Waals surface area contributed by atoms with Crippen molar-refractivity contribution < 1.29 is 14.3 Å². The molecule has 1 amide bonds. The number of carbonyl (C=O) groups is 2. The number of para-hydroxylation sites is 1. The van der Waals surface area contributed by atoms with Gasteiger partial charge in [-0.3, -0.25) is 4.79 Å². The summed E-state index contributed by atoms with van der Waals surface area (Å²) >= 11 is 0. The Hall–Kier alpha value is -1.88. The van der Waals surface area contributed by atoms with Crippen molar-refractivity contribution in [3.05, 3.63) is 29.8 Å². The van der Waals surface area contributed by atoms with Crippen LogP contribution in [0.5, 0.6) is 0 Å². The molecule has 2 aliphatic rings. The fraction of sp³-hybridized carbons (Fsp3) is 0.600. The standard InChI is InChI=1S/C20H28N2O3/c1-20(2,3)16-6-4-5-7-17(16)21-10-12-22(13-11-21)19(24)18-9-8-15(14-23)25-18/h4-7,14-15,18H,8-13H2,1-3H3/t15?,18-/m0/s1. The number of piperazine rings is 1. The van der Waals surface area contributed by atoms with E-state index in [0.29, 0.717) is 25.9 Å². The second-order valence-corrected chi connectivity index (χ2v) is 7.96. The highest BCUT2D eigenvalue weighted by atomic mass is 16.5. The van der Waals surface area contributed by atoms with Crippen LogP contribution < -0.4 is 4.90 Å². The van der Waals surface area contributed by atoms with Gasteiger partial charge in [-0.25, -0.2) is 0 Å². The smallest absolute Gasteiger partial charge is 0.251 e. The average molecular weight is 344 g/mol. The van der Waals surface area contributed by atoms with Gasteiger partial charge in [0.1, 0.15) is 18.5 Å². The van der Waals surface area contributed by atoms with E-state index in [0.717, 1.165) is 19.4 Å². The third kappa shape index (κ3) is 3.87. The number of carbonyl (C=O) groups excluding carboxylic acids is 2. The Kier molecular flexibility index (Phi) is 5.13. The lowest BCUT2D eigenvalue weighted by Crippen LogP contribution is -2.51. The Morgan fingerprint density at radius 2 is 1.80 bits per heavy atom. The summed E-state index contributed by atoms with van der Waals surface area (Å²) in [6, 6.07) is 8.53. The summed E-state index contributed by atoms with van der Waals surface area (Å²) in [7, 11) is 0. The van der Waals surface area contributed by atoms with E-state index in [1.807, 2.05) is 4.90 Å². The van der Waals surface area contributed by atoms with Gasteiger partial charge in [0, 0.05) is 31.9 Å². The van der Waals surface area contributed by atoms with Crippen LogP contribution in [-0.4, -0.2) is 55.5 Å². The Labute approximate surface area is 149 Å². The summed E-state index contributed by atoms with van der Waals surface area (Å²) in [5, 5.41) is 0. The van der Waals surface area contributed by atoms with Crippen molar-refractivity contribution in [2.75, 3.05) is 31.1 Å². The van der Waals surface area contributed by atoms with Crippen molar-refractivity contribution in [3.8, 4) is 0 Å². The van der Waals surface area contributed by atoms with Crippen molar-refractivity contribution in [2.24, 2.45) is 0 Å². The SMILES string of the molecule is CC(C)(C)c1ccccc1N1CCN(C(=O)[C@@H]2CCC(C=O)O2)CC1. The number of rotatable bonds is 3. The second kappa shape index (κ2) is 7.16. The van der Waals surface area contributed by atoms with E-state index in [1.54, 1.807) is 0 Å². The third-order valence-electron chi connectivity index (χ3n) is 5.12. The van der Waals surface area contributed by atoms with Crippen molar-refractivity contribution in [1.29, 1.82) is 0 Å². The van der Waals surface area contributed by atoms with Gasteiger partial charge in [-0.1, -0.05) is 39.0 Å². The van der Waals surface area contributed by atoms with E-state index in [1.165, 1.54) is 11.3 Å². The minimum atomic E-state index is -0.441. The van der Waals surface area contributed by atoms with Crippen molar-refractivity contribution in [2.45, 2.75) is 51.2 Å². The van der Waals surface area contributed by atoms with Gasteiger partial charge in [0.25, 0.3) is 5.91 Å². The fourth-order valence-electron chi connectivity index (χ4n) is 3.70. The molecule has 1 aromatic rings. The van der Waals surface area contributed by atoms with Gasteiger partial charge in [0.05, 0.1) is 0 Å². The highest BCUT2D eigenvalue weighted by Gasteiger charge is 2.34. The Morgan fingerprint density at radius 1 is 1.12 bits per heavy atom. The van der Waals surface area contributed by atoms with E-state index in [2.05, 4.69) is 49.9 Å². The van der Waals surface area contributed by atoms with Gasteiger partial charge < -0.3 is 19.3 Å². The Morgan fingerprint density at radius 3 is 2.40 bits per heavy atom. The Bertz CT molecular complexity index is 630. The predicted molar refractivity (Wildman–Crippen MR) is 97.9 cm³/mol. The number of hydrogen-bond acceptors (Lipinski definition) is 4. The molecule has 0 spiro atoms. The molecule has 0 aliphatic carbocycles. The fourth-order valence-corrected chi connectivity index (χ4v) is 3.70. The van der Waals surface area contributed by atoms with E-state index < -0.39 is 12.2 Å². The number of ether oxygens (including phenoxy) is 1. The van der Waals surface area contributed by atoms with Gasteiger partial charge in [-0.15, -0.1) is 0 Å².